The van der Waals surface area contributed by atoms with E-state index in [9.17, 15) is 0 Å². The fourth-order valence-electron chi connectivity index (χ4n) is 2.60. The van der Waals surface area contributed by atoms with Crippen molar-refractivity contribution in [3.63, 3.8) is 0 Å². The predicted molar refractivity (Wildman–Crippen MR) is 107 cm³/mol. The van der Waals surface area contributed by atoms with E-state index in [-0.39, 0.29) is 0 Å². The Balaban J connectivity index is 1.63. The first-order valence-corrected chi connectivity index (χ1v) is 9.26. The minimum Gasteiger partial charge on any atom is -0.492 e. The van der Waals surface area contributed by atoms with Crippen LogP contribution in [-0.2, 0) is 6.54 Å². The number of halogens is 1. The highest BCUT2D eigenvalue weighted by atomic mass is 35.5. The van der Waals surface area contributed by atoms with Crippen LogP contribution in [0.2, 0.25) is 5.02 Å². The Bertz CT molecular complexity index is 701. The minimum absolute atomic E-state index is 0.567. The van der Waals surface area contributed by atoms with E-state index in [0.717, 1.165) is 50.0 Å². The van der Waals surface area contributed by atoms with E-state index in [1.807, 2.05) is 50.6 Å². The van der Waals surface area contributed by atoms with Crippen LogP contribution in [0.4, 0.5) is 0 Å². The molecule has 0 saturated carbocycles. The van der Waals surface area contributed by atoms with Gasteiger partial charge in [-0.1, -0.05) is 17.7 Å². The normalized spacial score (nSPS) is 11.5. The molecular formula is C19H28ClN5O. The lowest BCUT2D eigenvalue weighted by Gasteiger charge is -2.22. The number of nitrogens with one attached hydrogen (secondary N) is 1. The average Bonchev–Trinajstić information content (AvgIpc) is 3.03. The monoisotopic (exact) mass is 377 g/mol. The topological polar surface area (TPSA) is 54.7 Å². The maximum Gasteiger partial charge on any atom is 0.193 e. The van der Waals surface area contributed by atoms with Gasteiger partial charge in [-0.15, -0.1) is 0 Å². The van der Waals surface area contributed by atoms with Crippen molar-refractivity contribution in [2.75, 3.05) is 33.8 Å². The third-order valence-corrected chi connectivity index (χ3v) is 4.33. The molecule has 0 aliphatic carbocycles. The Morgan fingerprint density at radius 1 is 1.38 bits per heavy atom. The van der Waals surface area contributed by atoms with Crippen LogP contribution in [0, 0.1) is 6.92 Å². The first-order chi connectivity index (χ1) is 12.6. The van der Waals surface area contributed by atoms with E-state index in [2.05, 4.69) is 24.8 Å². The van der Waals surface area contributed by atoms with Crippen molar-refractivity contribution in [1.29, 1.82) is 0 Å². The zero-order valence-electron chi connectivity index (χ0n) is 15.8. The lowest BCUT2D eigenvalue weighted by molar-refractivity contribution is 0.281. The Hall–Kier alpha value is -2.21. The van der Waals surface area contributed by atoms with E-state index >= 15 is 0 Å². The number of benzene rings is 1. The number of hydrogen-bond donors (Lipinski definition) is 1. The summed E-state index contributed by atoms with van der Waals surface area (Å²) in [6.45, 7) is 5.22. The highest BCUT2D eigenvalue weighted by Crippen LogP contribution is 2.16. The van der Waals surface area contributed by atoms with Crippen molar-refractivity contribution in [3.05, 3.63) is 47.5 Å². The maximum absolute atomic E-state index is 5.96. The van der Waals surface area contributed by atoms with Crippen molar-refractivity contribution in [2.45, 2.75) is 26.3 Å². The number of aromatic nitrogens is 2. The number of guanidine groups is 1. The quantitative estimate of drug-likeness (QED) is 0.414. The van der Waals surface area contributed by atoms with Crippen molar-refractivity contribution in [1.82, 2.24) is 19.8 Å². The molecule has 2 aromatic rings. The average molecular weight is 378 g/mol. The number of aliphatic imine (C=N–C) groups is 1. The summed E-state index contributed by atoms with van der Waals surface area (Å²) in [5.74, 6) is 2.72. The van der Waals surface area contributed by atoms with E-state index in [1.54, 1.807) is 7.05 Å². The van der Waals surface area contributed by atoms with Crippen LogP contribution in [0.5, 0.6) is 5.75 Å². The third-order valence-electron chi connectivity index (χ3n) is 4.10. The number of rotatable bonds is 9. The van der Waals surface area contributed by atoms with Gasteiger partial charge in [0.25, 0.3) is 0 Å². The fourth-order valence-corrected chi connectivity index (χ4v) is 2.78. The number of likely N-dealkylation sites (N-methyl/N-ethyl adjacent to an activating group) is 1. The van der Waals surface area contributed by atoms with E-state index in [1.165, 1.54) is 0 Å². The molecule has 1 heterocycles. The van der Waals surface area contributed by atoms with Gasteiger partial charge in [-0.25, -0.2) is 4.98 Å². The van der Waals surface area contributed by atoms with Gasteiger partial charge in [0.1, 0.15) is 18.2 Å². The third kappa shape index (κ3) is 6.59. The molecule has 142 valence electrons. The van der Waals surface area contributed by atoms with Crippen LogP contribution in [0.3, 0.4) is 0 Å². The Kier molecular flexibility index (Phi) is 8.28. The molecule has 1 aromatic carbocycles. The summed E-state index contributed by atoms with van der Waals surface area (Å²) in [7, 11) is 3.80. The SMILES string of the molecule is CN=C(NCCCCn1ccnc1C)N(C)CCOc1cccc(Cl)c1. The minimum atomic E-state index is 0.567. The highest BCUT2D eigenvalue weighted by molar-refractivity contribution is 6.30. The molecule has 0 fully saturated rings. The van der Waals surface area contributed by atoms with Crippen molar-refractivity contribution < 1.29 is 4.74 Å². The molecule has 1 N–H and O–H groups in total. The zero-order valence-corrected chi connectivity index (χ0v) is 16.5. The first-order valence-electron chi connectivity index (χ1n) is 8.88. The molecule has 26 heavy (non-hydrogen) atoms. The lowest BCUT2D eigenvalue weighted by atomic mass is 10.3. The fraction of sp³-hybridized carbons (Fsp3) is 0.474. The second-order valence-electron chi connectivity index (χ2n) is 6.08. The Morgan fingerprint density at radius 3 is 2.92 bits per heavy atom. The lowest BCUT2D eigenvalue weighted by Crippen LogP contribution is -2.41. The van der Waals surface area contributed by atoms with Crippen molar-refractivity contribution >= 4 is 17.6 Å². The van der Waals surface area contributed by atoms with Crippen molar-refractivity contribution in [2.24, 2.45) is 4.99 Å². The smallest absolute Gasteiger partial charge is 0.193 e. The molecule has 0 radical (unpaired) electrons. The van der Waals surface area contributed by atoms with Gasteiger partial charge in [0, 0.05) is 44.6 Å². The van der Waals surface area contributed by atoms with Crippen LogP contribution in [-0.4, -0.2) is 54.2 Å². The highest BCUT2D eigenvalue weighted by Gasteiger charge is 2.06. The van der Waals surface area contributed by atoms with Gasteiger partial charge in [-0.05, 0) is 38.0 Å². The number of unbranched alkanes of at least 4 members (excludes halogenated alkanes) is 1. The predicted octanol–water partition coefficient (Wildman–Crippen LogP) is 3.21. The number of nitrogens with zero attached hydrogens (tertiary/aromatic N) is 4. The van der Waals surface area contributed by atoms with Gasteiger partial charge in [-0.3, -0.25) is 4.99 Å². The standard InChI is InChI=1S/C19H28ClN5O/c1-16-22-10-12-25(16)11-5-4-9-23-19(21-2)24(3)13-14-26-18-8-6-7-17(20)15-18/h6-8,10,12,15H,4-5,9,11,13-14H2,1-3H3,(H,21,23). The maximum atomic E-state index is 5.96. The Morgan fingerprint density at radius 2 is 2.23 bits per heavy atom. The van der Waals surface area contributed by atoms with Gasteiger partial charge in [0.15, 0.2) is 5.96 Å². The summed E-state index contributed by atoms with van der Waals surface area (Å²) < 4.78 is 7.90. The number of hydrogen-bond acceptors (Lipinski definition) is 3. The van der Waals surface area contributed by atoms with Crippen LogP contribution < -0.4 is 10.1 Å². The second-order valence-corrected chi connectivity index (χ2v) is 6.51. The molecule has 0 atom stereocenters. The molecule has 7 heteroatoms. The van der Waals surface area contributed by atoms with Gasteiger partial charge < -0.3 is 19.5 Å². The molecule has 1 aromatic heterocycles. The molecule has 0 amide bonds. The van der Waals surface area contributed by atoms with E-state index in [0.29, 0.717) is 11.6 Å². The van der Waals surface area contributed by atoms with Crippen LogP contribution in [0.25, 0.3) is 0 Å². The molecule has 0 aliphatic heterocycles. The Labute approximate surface area is 160 Å². The van der Waals surface area contributed by atoms with Crippen LogP contribution >= 0.6 is 11.6 Å². The molecule has 0 saturated heterocycles. The summed E-state index contributed by atoms with van der Waals surface area (Å²) in [5.41, 5.74) is 0. The molecular weight excluding hydrogens is 350 g/mol. The van der Waals surface area contributed by atoms with Crippen LogP contribution in [0.1, 0.15) is 18.7 Å². The summed E-state index contributed by atoms with van der Waals surface area (Å²) >= 11 is 5.96. The van der Waals surface area contributed by atoms with Gasteiger partial charge in [0.2, 0.25) is 0 Å². The van der Waals surface area contributed by atoms with Gasteiger partial charge in [0.05, 0.1) is 6.54 Å². The molecule has 0 spiro atoms. The molecule has 0 unspecified atom stereocenters. The molecule has 2 rings (SSSR count). The second kappa shape index (κ2) is 10.7. The summed E-state index contributed by atoms with van der Waals surface area (Å²) in [6, 6.07) is 7.44. The number of ether oxygens (including phenoxy) is 1. The molecule has 0 aliphatic rings. The number of imidazole rings is 1. The number of aryl methyl sites for hydroxylation is 2. The summed E-state index contributed by atoms with van der Waals surface area (Å²) in [6.07, 6.45) is 6.04. The molecule has 0 bridgehead atoms. The first kappa shape index (κ1) is 20.1. The van der Waals surface area contributed by atoms with Gasteiger partial charge >= 0.3 is 0 Å². The largest absolute Gasteiger partial charge is 0.492 e. The zero-order chi connectivity index (χ0) is 18.8. The molecule has 6 nitrogen and oxygen atoms in total. The van der Waals surface area contributed by atoms with Crippen LogP contribution in [0.15, 0.2) is 41.7 Å². The van der Waals surface area contributed by atoms with E-state index < -0.39 is 0 Å². The van der Waals surface area contributed by atoms with Gasteiger partial charge in [-0.2, -0.15) is 0 Å². The summed E-state index contributed by atoms with van der Waals surface area (Å²) in [4.78, 5) is 10.6. The van der Waals surface area contributed by atoms with E-state index in [4.69, 9.17) is 16.3 Å². The van der Waals surface area contributed by atoms with Crippen molar-refractivity contribution in [3.8, 4) is 5.75 Å². The summed E-state index contributed by atoms with van der Waals surface area (Å²) in [5, 5.41) is 4.08.